The number of benzene rings is 2. The molecule has 0 spiro atoms. The Morgan fingerprint density at radius 1 is 1.11 bits per heavy atom. The highest BCUT2D eigenvalue weighted by atomic mass is 16.5. The first kappa shape index (κ1) is 12.0. The van der Waals surface area contributed by atoms with Crippen LogP contribution in [0.1, 0.15) is 6.92 Å². The molecule has 0 saturated heterocycles. The van der Waals surface area contributed by atoms with Crippen molar-refractivity contribution in [2.75, 3.05) is 0 Å². The Kier molecular flexibility index (Phi) is 2.93. The van der Waals surface area contributed by atoms with Crippen molar-refractivity contribution in [1.29, 1.82) is 0 Å². The number of esters is 1. The maximum Gasteiger partial charge on any atom is 0.338 e. The lowest BCUT2D eigenvalue weighted by Gasteiger charge is -2.07. The van der Waals surface area contributed by atoms with Gasteiger partial charge in [0.25, 0.3) is 0 Å². The first-order chi connectivity index (χ1) is 8.49. The molecule has 0 amide bonds. The molecule has 0 heterocycles. The van der Waals surface area contributed by atoms with Gasteiger partial charge in [0.05, 0.1) is 0 Å². The number of carbonyl (C=O) groups is 1. The third-order valence-corrected chi connectivity index (χ3v) is 2.50. The summed E-state index contributed by atoms with van der Waals surface area (Å²) in [6, 6.07) is 7.39. The molecule has 0 radical (unpaired) electrons. The predicted molar refractivity (Wildman–Crippen MR) is 67.7 cm³/mol. The zero-order valence-electron chi connectivity index (χ0n) is 9.80. The lowest BCUT2D eigenvalue weighted by Crippen LogP contribution is -2.07. The van der Waals surface area contributed by atoms with E-state index in [0.717, 1.165) is 0 Å². The van der Waals surface area contributed by atoms with Crippen molar-refractivity contribution >= 4 is 16.7 Å². The van der Waals surface area contributed by atoms with Gasteiger partial charge in [-0.25, -0.2) is 4.79 Å². The number of hydrogen-bond acceptors (Lipinski definition) is 4. The van der Waals surface area contributed by atoms with Crippen LogP contribution in [0.15, 0.2) is 42.5 Å². The van der Waals surface area contributed by atoms with Gasteiger partial charge in [-0.05, 0) is 37.3 Å². The lowest BCUT2D eigenvalue weighted by atomic mass is 10.1. The Morgan fingerprint density at radius 3 is 2.33 bits per heavy atom. The van der Waals surface area contributed by atoms with Crippen molar-refractivity contribution in [3.8, 4) is 17.2 Å². The zero-order valence-corrected chi connectivity index (χ0v) is 9.80. The normalized spacial score (nSPS) is 10.3. The van der Waals surface area contributed by atoms with Gasteiger partial charge < -0.3 is 14.9 Å². The van der Waals surface area contributed by atoms with Gasteiger partial charge in [0.2, 0.25) is 0 Å². The Morgan fingerprint density at radius 2 is 1.72 bits per heavy atom. The summed E-state index contributed by atoms with van der Waals surface area (Å²) in [5.41, 5.74) is 0.287. The highest BCUT2D eigenvalue weighted by Crippen LogP contribution is 2.34. The van der Waals surface area contributed by atoms with Gasteiger partial charge in [-0.15, -0.1) is 0 Å². The average molecular weight is 244 g/mol. The molecule has 0 aliphatic heterocycles. The quantitative estimate of drug-likeness (QED) is 0.369. The maximum atomic E-state index is 11.4. The molecule has 0 bridgehead atoms. The molecular weight excluding hydrogens is 232 g/mol. The molecule has 0 unspecified atom stereocenters. The molecule has 0 aliphatic rings. The summed E-state index contributed by atoms with van der Waals surface area (Å²) in [6.45, 7) is 5.03. The van der Waals surface area contributed by atoms with Crippen LogP contribution in [0.5, 0.6) is 17.2 Å². The molecular formula is C14H12O4. The van der Waals surface area contributed by atoms with E-state index in [1.54, 1.807) is 19.1 Å². The maximum absolute atomic E-state index is 11.4. The Bertz CT molecular complexity index is 644. The van der Waals surface area contributed by atoms with Gasteiger partial charge in [0.1, 0.15) is 17.2 Å². The van der Waals surface area contributed by atoms with Crippen LogP contribution in [0.3, 0.4) is 0 Å². The van der Waals surface area contributed by atoms with Crippen molar-refractivity contribution in [2.45, 2.75) is 6.92 Å². The van der Waals surface area contributed by atoms with E-state index in [2.05, 4.69) is 6.58 Å². The van der Waals surface area contributed by atoms with Crippen LogP contribution in [0, 0.1) is 0 Å². The Labute approximate surface area is 104 Å². The number of aromatic hydroxyl groups is 2. The standard InChI is InChI=1S/C14H12O4/c1-8(2)14(17)18-9-3-4-10-11(7-9)13(16)6-5-12(10)15/h3-7,15-16H,1H2,2H3. The van der Waals surface area contributed by atoms with E-state index in [9.17, 15) is 15.0 Å². The van der Waals surface area contributed by atoms with Crippen LogP contribution in [0.4, 0.5) is 0 Å². The molecule has 2 rings (SSSR count). The molecule has 0 atom stereocenters. The Balaban J connectivity index is 2.47. The Hall–Kier alpha value is -2.49. The largest absolute Gasteiger partial charge is 0.507 e. The molecule has 92 valence electrons. The second-order valence-electron chi connectivity index (χ2n) is 3.98. The molecule has 0 saturated carbocycles. The van der Waals surface area contributed by atoms with Crippen LogP contribution in [0.25, 0.3) is 10.8 Å². The van der Waals surface area contributed by atoms with E-state index in [4.69, 9.17) is 4.74 Å². The average Bonchev–Trinajstić information content (AvgIpc) is 2.34. The van der Waals surface area contributed by atoms with E-state index in [1.165, 1.54) is 18.2 Å². The van der Waals surface area contributed by atoms with Gasteiger partial charge in [0, 0.05) is 16.3 Å². The van der Waals surface area contributed by atoms with Crippen LogP contribution < -0.4 is 4.74 Å². The molecule has 0 fully saturated rings. The molecule has 4 nitrogen and oxygen atoms in total. The smallest absolute Gasteiger partial charge is 0.338 e. The molecule has 2 N–H and O–H groups in total. The monoisotopic (exact) mass is 244 g/mol. The number of carbonyl (C=O) groups excluding carboxylic acids is 1. The highest BCUT2D eigenvalue weighted by molar-refractivity contribution is 5.95. The SMILES string of the molecule is C=C(C)C(=O)Oc1ccc2c(O)ccc(O)c2c1. The molecule has 2 aromatic rings. The number of phenols is 2. The van der Waals surface area contributed by atoms with E-state index in [-0.39, 0.29) is 22.8 Å². The van der Waals surface area contributed by atoms with Gasteiger partial charge in [-0.3, -0.25) is 0 Å². The van der Waals surface area contributed by atoms with E-state index in [1.807, 2.05) is 0 Å². The zero-order chi connectivity index (χ0) is 13.3. The fraction of sp³-hybridized carbons (Fsp3) is 0.0714. The van der Waals surface area contributed by atoms with E-state index >= 15 is 0 Å². The number of rotatable bonds is 2. The lowest BCUT2D eigenvalue weighted by molar-refractivity contribution is -0.130. The fourth-order valence-electron chi connectivity index (χ4n) is 1.55. The van der Waals surface area contributed by atoms with Crippen molar-refractivity contribution in [2.24, 2.45) is 0 Å². The molecule has 0 aliphatic carbocycles. The third-order valence-electron chi connectivity index (χ3n) is 2.50. The molecule has 4 heteroatoms. The van der Waals surface area contributed by atoms with Gasteiger partial charge in [-0.1, -0.05) is 6.58 Å². The molecule has 0 aromatic heterocycles. The van der Waals surface area contributed by atoms with E-state index < -0.39 is 5.97 Å². The van der Waals surface area contributed by atoms with Crippen LogP contribution in [-0.2, 0) is 4.79 Å². The summed E-state index contributed by atoms with van der Waals surface area (Å²) in [4.78, 5) is 11.4. The molecule has 18 heavy (non-hydrogen) atoms. The summed E-state index contributed by atoms with van der Waals surface area (Å²) in [5, 5.41) is 20.2. The van der Waals surface area contributed by atoms with Gasteiger partial charge in [-0.2, -0.15) is 0 Å². The second kappa shape index (κ2) is 4.41. The van der Waals surface area contributed by atoms with Crippen LogP contribution in [0.2, 0.25) is 0 Å². The fourth-order valence-corrected chi connectivity index (χ4v) is 1.55. The number of fused-ring (bicyclic) bond motifs is 1. The van der Waals surface area contributed by atoms with Crippen molar-refractivity contribution in [1.82, 2.24) is 0 Å². The number of ether oxygens (including phenoxy) is 1. The number of phenolic OH excluding ortho intramolecular Hbond substituents is 2. The third kappa shape index (κ3) is 2.13. The summed E-state index contributed by atoms with van der Waals surface area (Å²) < 4.78 is 5.05. The summed E-state index contributed by atoms with van der Waals surface area (Å²) in [5.74, 6) is -0.179. The first-order valence-corrected chi connectivity index (χ1v) is 5.31. The topological polar surface area (TPSA) is 66.8 Å². The predicted octanol–water partition coefficient (Wildman–Crippen LogP) is 2.73. The minimum Gasteiger partial charge on any atom is -0.507 e. The minimum atomic E-state index is -0.533. The van der Waals surface area contributed by atoms with Crippen molar-refractivity contribution < 1.29 is 19.7 Å². The summed E-state index contributed by atoms with van der Waals surface area (Å²) in [7, 11) is 0. The minimum absolute atomic E-state index is 0.0102. The second-order valence-corrected chi connectivity index (χ2v) is 3.98. The van der Waals surface area contributed by atoms with Gasteiger partial charge >= 0.3 is 5.97 Å². The number of hydrogen-bond donors (Lipinski definition) is 2. The van der Waals surface area contributed by atoms with E-state index in [0.29, 0.717) is 10.8 Å². The summed E-state index contributed by atoms with van der Waals surface area (Å²) in [6.07, 6.45) is 0. The summed E-state index contributed by atoms with van der Waals surface area (Å²) >= 11 is 0. The van der Waals surface area contributed by atoms with Crippen molar-refractivity contribution in [3.05, 3.63) is 42.5 Å². The first-order valence-electron chi connectivity index (χ1n) is 5.31. The van der Waals surface area contributed by atoms with Crippen molar-refractivity contribution in [3.63, 3.8) is 0 Å². The molecule has 2 aromatic carbocycles. The van der Waals surface area contributed by atoms with Gasteiger partial charge in [0.15, 0.2) is 0 Å². The van der Waals surface area contributed by atoms with Crippen LogP contribution >= 0.6 is 0 Å². The van der Waals surface area contributed by atoms with Crippen LogP contribution in [-0.4, -0.2) is 16.2 Å². The highest BCUT2D eigenvalue weighted by Gasteiger charge is 2.09.